The molecule has 4 heteroatoms. The first-order chi connectivity index (χ1) is 12.5. The molecular weight excluding hydrogens is 326 g/mol. The van der Waals surface area contributed by atoms with E-state index in [1.54, 1.807) is 30.3 Å². The van der Waals surface area contributed by atoms with Gasteiger partial charge >= 0.3 is 5.97 Å². The monoisotopic (exact) mass is 351 g/mol. The van der Waals surface area contributed by atoms with Crippen LogP contribution in [0.15, 0.2) is 73.3 Å². The lowest BCUT2D eigenvalue weighted by Gasteiger charge is -2.41. The van der Waals surface area contributed by atoms with Crippen LogP contribution in [0.25, 0.3) is 0 Å². The van der Waals surface area contributed by atoms with E-state index in [9.17, 15) is 9.59 Å². The minimum Gasteiger partial charge on any atom is -0.467 e. The topological polar surface area (TPSA) is 55.4 Å². The summed E-state index contributed by atoms with van der Waals surface area (Å²) in [6.07, 6.45) is 1.69. The van der Waals surface area contributed by atoms with E-state index in [4.69, 9.17) is 4.74 Å². The fourth-order valence-electron chi connectivity index (χ4n) is 3.26. The molecule has 1 amide bonds. The van der Waals surface area contributed by atoms with E-state index >= 15 is 0 Å². The molecule has 26 heavy (non-hydrogen) atoms. The Morgan fingerprint density at radius 2 is 1.58 bits per heavy atom. The second-order valence-electron chi connectivity index (χ2n) is 6.46. The Balaban J connectivity index is 2.56. The second-order valence-corrected chi connectivity index (χ2v) is 6.46. The lowest BCUT2D eigenvalue weighted by Crippen LogP contribution is -2.62. The van der Waals surface area contributed by atoms with Crippen molar-refractivity contribution in [3.8, 4) is 0 Å². The van der Waals surface area contributed by atoms with Crippen LogP contribution in [0.4, 0.5) is 0 Å². The van der Waals surface area contributed by atoms with Crippen molar-refractivity contribution in [2.75, 3.05) is 7.11 Å². The molecule has 2 aromatic carbocycles. The highest BCUT2D eigenvalue weighted by molar-refractivity contribution is 5.98. The lowest BCUT2D eigenvalue weighted by molar-refractivity contribution is -0.151. The number of methoxy groups -OCH3 is 1. The molecule has 1 N–H and O–H groups in total. The van der Waals surface area contributed by atoms with Crippen molar-refractivity contribution >= 4 is 11.9 Å². The third kappa shape index (κ3) is 3.69. The van der Waals surface area contributed by atoms with Crippen molar-refractivity contribution in [3.63, 3.8) is 0 Å². The number of esters is 1. The highest BCUT2D eigenvalue weighted by atomic mass is 16.5. The van der Waals surface area contributed by atoms with E-state index in [-0.39, 0.29) is 11.8 Å². The standard InChI is InChI=1S/C22H25NO3/c1-5-19(17-12-8-6-9-13-17)22(16(2)3,21(25)26-4)23-20(24)18-14-10-7-11-15-18/h5-16,19H,1H2,2-4H3,(H,23,24)/t19-,22+/m0/s1. The summed E-state index contributed by atoms with van der Waals surface area (Å²) in [5, 5.41) is 2.96. The van der Waals surface area contributed by atoms with Crippen LogP contribution in [-0.4, -0.2) is 24.5 Å². The number of carbonyl (C=O) groups is 2. The van der Waals surface area contributed by atoms with E-state index in [1.807, 2.05) is 50.2 Å². The maximum atomic E-state index is 12.9. The summed E-state index contributed by atoms with van der Waals surface area (Å²) >= 11 is 0. The van der Waals surface area contributed by atoms with Gasteiger partial charge in [0, 0.05) is 11.5 Å². The molecule has 136 valence electrons. The zero-order valence-corrected chi connectivity index (χ0v) is 15.4. The van der Waals surface area contributed by atoms with Gasteiger partial charge in [-0.3, -0.25) is 4.79 Å². The molecule has 0 aliphatic carbocycles. The van der Waals surface area contributed by atoms with Gasteiger partial charge in [0.2, 0.25) is 0 Å². The predicted molar refractivity (Wildman–Crippen MR) is 103 cm³/mol. The molecule has 0 aliphatic rings. The van der Waals surface area contributed by atoms with Crippen LogP contribution in [0.1, 0.15) is 35.7 Å². The number of hydrogen-bond acceptors (Lipinski definition) is 3. The Kier molecular flexibility index (Phi) is 6.34. The van der Waals surface area contributed by atoms with Crippen LogP contribution in [0.2, 0.25) is 0 Å². The molecule has 2 aromatic rings. The number of hydrogen-bond donors (Lipinski definition) is 1. The molecule has 2 atom stereocenters. The number of amides is 1. The largest absolute Gasteiger partial charge is 0.467 e. The zero-order valence-electron chi connectivity index (χ0n) is 15.4. The molecule has 4 nitrogen and oxygen atoms in total. The third-order valence-corrected chi connectivity index (χ3v) is 4.68. The average molecular weight is 351 g/mol. The quantitative estimate of drug-likeness (QED) is 0.607. The smallest absolute Gasteiger partial charge is 0.332 e. The molecule has 2 rings (SSSR count). The Hall–Kier alpha value is -2.88. The SMILES string of the molecule is C=C[C@@H](c1ccccc1)[C@@](NC(=O)c1ccccc1)(C(=O)OC)C(C)C. The molecule has 0 aromatic heterocycles. The van der Waals surface area contributed by atoms with Gasteiger partial charge in [0.25, 0.3) is 5.91 Å². The average Bonchev–Trinajstić information content (AvgIpc) is 2.68. The normalized spacial score (nSPS) is 14.2. The number of carbonyl (C=O) groups excluding carboxylic acids is 2. The lowest BCUT2D eigenvalue weighted by atomic mass is 9.71. The van der Waals surface area contributed by atoms with Gasteiger partial charge in [-0.2, -0.15) is 0 Å². The Labute approximate surface area is 154 Å². The zero-order chi connectivity index (χ0) is 19.2. The van der Waals surface area contributed by atoms with E-state index < -0.39 is 17.4 Å². The number of benzene rings is 2. The van der Waals surface area contributed by atoms with Gasteiger partial charge in [-0.15, -0.1) is 6.58 Å². The first-order valence-corrected chi connectivity index (χ1v) is 8.60. The van der Waals surface area contributed by atoms with Gasteiger partial charge < -0.3 is 10.1 Å². The molecule has 0 unspecified atom stereocenters. The molecule has 0 bridgehead atoms. The van der Waals surface area contributed by atoms with Crippen molar-refractivity contribution in [3.05, 3.63) is 84.4 Å². The molecule has 0 aliphatic heterocycles. The Bertz CT molecular complexity index is 755. The van der Waals surface area contributed by atoms with Crippen LogP contribution in [0.3, 0.4) is 0 Å². The van der Waals surface area contributed by atoms with Gasteiger partial charge in [-0.1, -0.05) is 68.5 Å². The summed E-state index contributed by atoms with van der Waals surface area (Å²) < 4.78 is 5.12. The van der Waals surface area contributed by atoms with E-state index in [0.717, 1.165) is 5.56 Å². The molecule has 0 spiro atoms. The Morgan fingerprint density at radius 3 is 2.04 bits per heavy atom. The van der Waals surface area contributed by atoms with Gasteiger partial charge in [-0.25, -0.2) is 4.79 Å². The molecule has 0 fully saturated rings. The summed E-state index contributed by atoms with van der Waals surface area (Å²) in [5.41, 5.74) is 0.0948. The minimum atomic E-state index is -1.27. The van der Waals surface area contributed by atoms with Crippen LogP contribution in [-0.2, 0) is 9.53 Å². The van der Waals surface area contributed by atoms with Crippen molar-refractivity contribution in [2.45, 2.75) is 25.3 Å². The minimum absolute atomic E-state index is 0.231. The molecule has 0 heterocycles. The van der Waals surface area contributed by atoms with Gasteiger partial charge in [0.1, 0.15) is 0 Å². The summed E-state index contributed by atoms with van der Waals surface area (Å²) in [7, 11) is 1.33. The highest BCUT2D eigenvalue weighted by Gasteiger charge is 2.50. The highest BCUT2D eigenvalue weighted by Crippen LogP contribution is 2.37. The van der Waals surface area contributed by atoms with Crippen molar-refractivity contribution in [1.29, 1.82) is 0 Å². The first-order valence-electron chi connectivity index (χ1n) is 8.60. The van der Waals surface area contributed by atoms with E-state index in [0.29, 0.717) is 5.56 Å². The van der Waals surface area contributed by atoms with Crippen LogP contribution < -0.4 is 5.32 Å². The third-order valence-electron chi connectivity index (χ3n) is 4.68. The maximum absolute atomic E-state index is 12.9. The maximum Gasteiger partial charge on any atom is 0.332 e. The van der Waals surface area contributed by atoms with Gasteiger partial charge in [0.05, 0.1) is 7.11 Å². The fraction of sp³-hybridized carbons (Fsp3) is 0.273. The number of rotatable bonds is 7. The summed E-state index contributed by atoms with van der Waals surface area (Å²) in [4.78, 5) is 25.8. The van der Waals surface area contributed by atoms with Crippen molar-refractivity contribution < 1.29 is 14.3 Å². The van der Waals surface area contributed by atoms with Gasteiger partial charge in [0.15, 0.2) is 5.54 Å². The van der Waals surface area contributed by atoms with Crippen LogP contribution >= 0.6 is 0 Å². The number of ether oxygens (including phenoxy) is 1. The summed E-state index contributed by atoms with van der Waals surface area (Å²) in [5.74, 6) is -1.49. The second kappa shape index (κ2) is 8.48. The van der Waals surface area contributed by atoms with Gasteiger partial charge in [-0.05, 0) is 23.6 Å². The Morgan fingerprint density at radius 1 is 1.04 bits per heavy atom. The van der Waals surface area contributed by atoms with Crippen LogP contribution in [0, 0.1) is 5.92 Å². The molecular formula is C22H25NO3. The van der Waals surface area contributed by atoms with Crippen molar-refractivity contribution in [2.24, 2.45) is 5.92 Å². The van der Waals surface area contributed by atoms with Crippen molar-refractivity contribution in [1.82, 2.24) is 5.32 Å². The summed E-state index contributed by atoms with van der Waals surface area (Å²) in [6, 6.07) is 18.4. The predicted octanol–water partition coefficient (Wildman–Crippen LogP) is 3.95. The van der Waals surface area contributed by atoms with E-state index in [2.05, 4.69) is 11.9 Å². The van der Waals surface area contributed by atoms with E-state index in [1.165, 1.54) is 7.11 Å². The number of nitrogens with one attached hydrogen (secondary N) is 1. The first kappa shape index (κ1) is 19.4. The van der Waals surface area contributed by atoms with Crippen LogP contribution in [0.5, 0.6) is 0 Å². The molecule has 0 saturated carbocycles. The fourth-order valence-corrected chi connectivity index (χ4v) is 3.26. The summed E-state index contributed by atoms with van der Waals surface area (Å²) in [6.45, 7) is 7.70. The molecule has 0 radical (unpaired) electrons. The molecule has 0 saturated heterocycles.